The van der Waals surface area contributed by atoms with Gasteiger partial charge >= 0.3 is 5.97 Å². The summed E-state index contributed by atoms with van der Waals surface area (Å²) in [6.45, 7) is 9.70. The van der Waals surface area contributed by atoms with E-state index in [1.54, 1.807) is 0 Å². The van der Waals surface area contributed by atoms with Crippen molar-refractivity contribution in [2.75, 3.05) is 13.2 Å². The van der Waals surface area contributed by atoms with Crippen molar-refractivity contribution in [1.29, 1.82) is 0 Å². The molecule has 6 atom stereocenters. The summed E-state index contributed by atoms with van der Waals surface area (Å²) in [5.74, 6) is 1.82. The van der Waals surface area contributed by atoms with E-state index in [9.17, 15) is 4.79 Å². The highest BCUT2D eigenvalue weighted by molar-refractivity contribution is 5.68. The second-order valence-electron chi connectivity index (χ2n) is 8.35. The first kappa shape index (κ1) is 16.9. The van der Waals surface area contributed by atoms with E-state index in [0.717, 1.165) is 17.7 Å². The molecule has 4 nitrogen and oxygen atoms in total. The van der Waals surface area contributed by atoms with Crippen LogP contribution in [0.2, 0.25) is 0 Å². The predicted molar refractivity (Wildman–Crippen MR) is 94.3 cm³/mol. The molecule has 3 aliphatic rings. The quantitative estimate of drug-likeness (QED) is 0.773. The van der Waals surface area contributed by atoms with E-state index < -0.39 is 0 Å². The molecular formula is C21H28O4. The average molecular weight is 344 g/mol. The first-order valence-electron chi connectivity index (χ1n) is 9.46. The summed E-state index contributed by atoms with van der Waals surface area (Å²) in [6.07, 6.45) is 1.44. The Labute approximate surface area is 149 Å². The number of esters is 1. The highest BCUT2D eigenvalue weighted by atomic mass is 16.5. The van der Waals surface area contributed by atoms with Crippen LogP contribution in [0.25, 0.3) is 0 Å². The van der Waals surface area contributed by atoms with Crippen LogP contribution in [0.5, 0.6) is 5.75 Å². The molecule has 2 heterocycles. The lowest BCUT2D eigenvalue weighted by molar-refractivity contribution is -0.262. The van der Waals surface area contributed by atoms with Gasteiger partial charge in [-0.15, -0.1) is 0 Å². The van der Waals surface area contributed by atoms with Crippen LogP contribution in [0, 0.1) is 23.2 Å². The Morgan fingerprint density at radius 3 is 2.84 bits per heavy atom. The van der Waals surface area contributed by atoms with Crippen molar-refractivity contribution in [3.8, 4) is 5.75 Å². The van der Waals surface area contributed by atoms with Crippen molar-refractivity contribution in [3.05, 3.63) is 29.8 Å². The van der Waals surface area contributed by atoms with Gasteiger partial charge in [-0.3, -0.25) is 4.79 Å². The Balaban J connectivity index is 1.72. The number of hydrogen-bond donors (Lipinski definition) is 0. The van der Waals surface area contributed by atoms with Gasteiger partial charge in [-0.2, -0.15) is 0 Å². The predicted octanol–water partition coefficient (Wildman–Crippen LogP) is 4.14. The Morgan fingerprint density at radius 2 is 2.08 bits per heavy atom. The fourth-order valence-electron chi connectivity index (χ4n) is 5.57. The van der Waals surface area contributed by atoms with Crippen LogP contribution in [0.15, 0.2) is 24.3 Å². The molecule has 1 aromatic carbocycles. The molecule has 2 aliphatic heterocycles. The van der Waals surface area contributed by atoms with Crippen molar-refractivity contribution in [3.63, 3.8) is 0 Å². The lowest BCUT2D eigenvalue weighted by atomic mass is 9.50. The summed E-state index contributed by atoms with van der Waals surface area (Å²) in [6, 6.07) is 8.24. The number of hydrogen-bond acceptors (Lipinski definition) is 4. The zero-order chi connectivity index (χ0) is 17.8. The summed E-state index contributed by atoms with van der Waals surface area (Å²) < 4.78 is 18.6. The van der Waals surface area contributed by atoms with Gasteiger partial charge in [0.25, 0.3) is 0 Å². The maximum Gasteiger partial charge on any atom is 0.305 e. The molecule has 4 rings (SSSR count). The molecule has 1 saturated heterocycles. The molecule has 0 amide bonds. The van der Waals surface area contributed by atoms with Gasteiger partial charge in [-0.05, 0) is 31.2 Å². The van der Waals surface area contributed by atoms with Gasteiger partial charge < -0.3 is 14.2 Å². The van der Waals surface area contributed by atoms with Gasteiger partial charge in [0, 0.05) is 23.3 Å². The Kier molecular flexibility index (Phi) is 3.87. The monoisotopic (exact) mass is 344 g/mol. The maximum absolute atomic E-state index is 11.8. The second-order valence-corrected chi connectivity index (χ2v) is 8.35. The van der Waals surface area contributed by atoms with E-state index in [4.69, 9.17) is 14.2 Å². The van der Waals surface area contributed by atoms with Gasteiger partial charge in [-0.25, -0.2) is 0 Å². The van der Waals surface area contributed by atoms with Crippen LogP contribution < -0.4 is 4.74 Å². The minimum absolute atomic E-state index is 0.0625. The van der Waals surface area contributed by atoms with Crippen molar-refractivity contribution in [1.82, 2.24) is 0 Å². The number of benzene rings is 1. The van der Waals surface area contributed by atoms with E-state index in [0.29, 0.717) is 31.5 Å². The Bertz CT molecular complexity index is 686. The molecular weight excluding hydrogens is 316 g/mol. The van der Waals surface area contributed by atoms with Crippen molar-refractivity contribution in [2.24, 2.45) is 23.2 Å². The zero-order valence-electron chi connectivity index (χ0n) is 15.6. The summed E-state index contributed by atoms with van der Waals surface area (Å²) in [5, 5.41) is 0. The summed E-state index contributed by atoms with van der Waals surface area (Å²) in [7, 11) is 0. The van der Waals surface area contributed by atoms with Gasteiger partial charge in [0.2, 0.25) is 0 Å². The van der Waals surface area contributed by atoms with E-state index >= 15 is 0 Å². The van der Waals surface area contributed by atoms with Crippen molar-refractivity contribution < 1.29 is 19.0 Å². The highest BCUT2D eigenvalue weighted by Crippen LogP contribution is 2.63. The zero-order valence-corrected chi connectivity index (χ0v) is 15.6. The number of carbonyl (C=O) groups excluding carboxylic acids is 1. The van der Waals surface area contributed by atoms with E-state index in [-0.39, 0.29) is 29.0 Å². The lowest BCUT2D eigenvalue weighted by Gasteiger charge is -2.63. The standard InChI is InChI=1S/C21H28O4/c1-5-17(22)23-11-21-12-24-19-15-8-6-7-9-16(15)25-20(4,10-13(21)2)18(19)14(21)3/h6-9,13-14,18-19H,5,10-12H2,1-4H3/t13-,14-,18-,19-,20+,21+/m0/s1. The van der Waals surface area contributed by atoms with Crippen molar-refractivity contribution >= 4 is 5.97 Å². The van der Waals surface area contributed by atoms with Crippen LogP contribution in [0.3, 0.4) is 0 Å². The van der Waals surface area contributed by atoms with Gasteiger partial charge in [0.15, 0.2) is 0 Å². The van der Waals surface area contributed by atoms with Crippen LogP contribution in [-0.4, -0.2) is 24.8 Å². The fourth-order valence-corrected chi connectivity index (χ4v) is 5.57. The van der Waals surface area contributed by atoms with Crippen molar-refractivity contribution in [2.45, 2.75) is 52.2 Å². The summed E-state index contributed by atoms with van der Waals surface area (Å²) in [4.78, 5) is 11.8. The molecule has 2 fully saturated rings. The summed E-state index contributed by atoms with van der Waals surface area (Å²) >= 11 is 0. The van der Waals surface area contributed by atoms with Crippen LogP contribution in [0.1, 0.15) is 52.2 Å². The minimum atomic E-state index is -0.240. The Hall–Kier alpha value is -1.55. The van der Waals surface area contributed by atoms with Crippen LogP contribution in [0.4, 0.5) is 0 Å². The first-order valence-corrected chi connectivity index (χ1v) is 9.46. The molecule has 4 heteroatoms. The number of fused-ring (bicyclic) bond motifs is 3. The van der Waals surface area contributed by atoms with E-state index in [1.807, 2.05) is 13.0 Å². The normalized spacial score (nSPS) is 41.4. The highest BCUT2D eigenvalue weighted by Gasteiger charge is 2.64. The first-order chi connectivity index (χ1) is 11.9. The van der Waals surface area contributed by atoms with E-state index in [1.165, 1.54) is 0 Å². The number of carbonyl (C=O) groups is 1. The Morgan fingerprint density at radius 1 is 1.32 bits per heavy atom. The van der Waals surface area contributed by atoms with Gasteiger partial charge in [0.1, 0.15) is 11.4 Å². The minimum Gasteiger partial charge on any atom is -0.487 e. The summed E-state index contributed by atoms with van der Waals surface area (Å²) in [5.41, 5.74) is 0.794. The molecule has 1 saturated carbocycles. The molecule has 2 bridgehead atoms. The maximum atomic E-state index is 11.8. The number of ether oxygens (including phenoxy) is 3. The topological polar surface area (TPSA) is 44.8 Å². The van der Waals surface area contributed by atoms with Gasteiger partial charge in [-0.1, -0.05) is 39.0 Å². The molecule has 0 spiro atoms. The molecule has 0 radical (unpaired) electrons. The average Bonchev–Trinajstić information content (AvgIpc) is 2.59. The van der Waals surface area contributed by atoms with Gasteiger partial charge in [0.05, 0.1) is 19.3 Å². The second kappa shape index (κ2) is 5.73. The van der Waals surface area contributed by atoms with Crippen LogP contribution in [-0.2, 0) is 14.3 Å². The fraction of sp³-hybridized carbons (Fsp3) is 0.667. The molecule has 1 aromatic rings. The molecule has 1 aliphatic carbocycles. The third kappa shape index (κ3) is 2.33. The van der Waals surface area contributed by atoms with E-state index in [2.05, 4.69) is 39.0 Å². The SMILES string of the molecule is CCC(=O)OC[C@@]12CO[C@H]3c4ccccc4O[C@](C)(C[C@@H]1C)[C@H]3[C@@H]2C. The van der Waals surface area contributed by atoms with Crippen LogP contribution >= 0.6 is 0 Å². The smallest absolute Gasteiger partial charge is 0.305 e. The third-order valence-corrected chi connectivity index (χ3v) is 7.06. The number of para-hydroxylation sites is 1. The third-order valence-electron chi connectivity index (χ3n) is 7.06. The molecule has 0 N–H and O–H groups in total. The molecule has 25 heavy (non-hydrogen) atoms. The molecule has 0 unspecified atom stereocenters. The molecule has 136 valence electrons. The lowest BCUT2D eigenvalue weighted by Crippen LogP contribution is -2.66. The molecule has 0 aromatic heterocycles. The number of rotatable bonds is 3. The largest absolute Gasteiger partial charge is 0.487 e.